The largest absolute Gasteiger partial charge is 0.351 e. The van der Waals surface area contributed by atoms with Crippen molar-refractivity contribution >= 4 is 23.2 Å². The Bertz CT molecular complexity index is 870. The number of aryl methyl sites for hydroxylation is 1. The van der Waals surface area contributed by atoms with Gasteiger partial charge in [-0.2, -0.15) is 5.10 Å². The number of aromatic nitrogens is 4. The lowest BCUT2D eigenvalue weighted by Crippen LogP contribution is -2.24. The highest BCUT2D eigenvalue weighted by atomic mass is 16.5. The van der Waals surface area contributed by atoms with E-state index < -0.39 is 11.9 Å². The van der Waals surface area contributed by atoms with Gasteiger partial charge in [0.05, 0.1) is 5.69 Å². The quantitative estimate of drug-likeness (QED) is 0.734. The highest BCUT2D eigenvalue weighted by Gasteiger charge is 2.16. The second-order valence-electron chi connectivity index (χ2n) is 5.40. The van der Waals surface area contributed by atoms with Gasteiger partial charge in [-0.05, 0) is 38.1 Å². The Kier molecular flexibility index (Phi) is 4.55. The van der Waals surface area contributed by atoms with Crippen molar-refractivity contribution in [2.24, 2.45) is 0 Å². The number of anilines is 2. The molecule has 2 heterocycles. The first-order chi connectivity index (χ1) is 12.0. The zero-order valence-corrected chi connectivity index (χ0v) is 13.6. The summed E-state index contributed by atoms with van der Waals surface area (Å²) in [6.07, 6.45) is 2.85. The molecule has 3 aromatic rings. The van der Waals surface area contributed by atoms with Crippen LogP contribution in [0.25, 0.3) is 0 Å². The van der Waals surface area contributed by atoms with Crippen LogP contribution in [0.2, 0.25) is 0 Å². The number of nitrogens with zero attached hydrogens (tertiary/aromatic N) is 4. The van der Waals surface area contributed by atoms with Crippen molar-refractivity contribution in [2.75, 3.05) is 10.6 Å². The van der Waals surface area contributed by atoms with Crippen LogP contribution in [0.5, 0.6) is 0 Å². The molecule has 2 amide bonds. The van der Waals surface area contributed by atoms with Crippen molar-refractivity contribution in [1.29, 1.82) is 0 Å². The van der Waals surface area contributed by atoms with E-state index in [1.54, 1.807) is 44.2 Å². The molecular formula is C16H16N6O3. The van der Waals surface area contributed by atoms with Crippen molar-refractivity contribution < 1.29 is 14.1 Å². The van der Waals surface area contributed by atoms with Crippen LogP contribution < -0.4 is 10.6 Å². The minimum absolute atomic E-state index is 0.136. The van der Waals surface area contributed by atoms with Crippen LogP contribution in [0.15, 0.2) is 47.5 Å². The molecule has 0 spiro atoms. The average molecular weight is 340 g/mol. The molecule has 0 radical (unpaired) electrons. The van der Waals surface area contributed by atoms with Crippen LogP contribution in [0.3, 0.4) is 0 Å². The van der Waals surface area contributed by atoms with E-state index in [2.05, 4.69) is 25.9 Å². The molecule has 0 aliphatic rings. The van der Waals surface area contributed by atoms with E-state index in [9.17, 15) is 9.59 Å². The van der Waals surface area contributed by atoms with Gasteiger partial charge in [0.15, 0.2) is 0 Å². The van der Waals surface area contributed by atoms with Gasteiger partial charge in [-0.1, -0.05) is 5.16 Å². The maximum atomic E-state index is 12.2. The van der Waals surface area contributed by atoms with E-state index in [4.69, 9.17) is 4.52 Å². The lowest BCUT2D eigenvalue weighted by molar-refractivity contribution is -0.119. The SMILES string of the molecule is Cc1cc(C(=O)Nc2ccc(NC(=O)C(C)n3cncn3)cc2)on1. The fourth-order valence-corrected chi connectivity index (χ4v) is 2.08. The van der Waals surface area contributed by atoms with Gasteiger partial charge in [-0.25, -0.2) is 9.67 Å². The van der Waals surface area contributed by atoms with Gasteiger partial charge in [0, 0.05) is 17.4 Å². The van der Waals surface area contributed by atoms with E-state index in [1.165, 1.54) is 17.3 Å². The third kappa shape index (κ3) is 3.89. The van der Waals surface area contributed by atoms with Gasteiger partial charge in [0.1, 0.15) is 18.7 Å². The Labute approximate surface area is 143 Å². The fraction of sp³-hybridized carbons (Fsp3) is 0.188. The molecular weight excluding hydrogens is 324 g/mol. The first kappa shape index (κ1) is 16.4. The standard InChI is InChI=1S/C16H16N6O3/c1-10-7-14(25-21-10)16(24)20-13-5-3-12(4-6-13)19-15(23)11(2)22-9-17-8-18-22/h3-9,11H,1-2H3,(H,19,23)(H,20,24). The Balaban J connectivity index is 1.60. The second kappa shape index (κ2) is 6.95. The van der Waals surface area contributed by atoms with Crippen LogP contribution in [0.4, 0.5) is 11.4 Å². The summed E-state index contributed by atoms with van der Waals surface area (Å²) in [5, 5.41) is 13.1. The summed E-state index contributed by atoms with van der Waals surface area (Å²) in [5.74, 6) is -0.479. The van der Waals surface area contributed by atoms with Gasteiger partial charge in [-0.15, -0.1) is 0 Å². The molecule has 0 saturated heterocycles. The molecule has 0 aliphatic carbocycles. The topological polar surface area (TPSA) is 115 Å². The number of nitrogens with one attached hydrogen (secondary N) is 2. The number of rotatable bonds is 5. The van der Waals surface area contributed by atoms with Crippen molar-refractivity contribution in [2.45, 2.75) is 19.9 Å². The van der Waals surface area contributed by atoms with Crippen LogP contribution in [0, 0.1) is 6.92 Å². The maximum absolute atomic E-state index is 12.2. The minimum Gasteiger partial charge on any atom is -0.351 e. The number of carbonyl (C=O) groups is 2. The maximum Gasteiger partial charge on any atom is 0.294 e. The van der Waals surface area contributed by atoms with Crippen molar-refractivity contribution in [3.8, 4) is 0 Å². The summed E-state index contributed by atoms with van der Waals surface area (Å²) in [5.41, 5.74) is 1.80. The summed E-state index contributed by atoms with van der Waals surface area (Å²) >= 11 is 0. The predicted octanol–water partition coefficient (Wildman–Crippen LogP) is 2.03. The second-order valence-corrected chi connectivity index (χ2v) is 5.40. The highest BCUT2D eigenvalue weighted by molar-refractivity contribution is 6.02. The van der Waals surface area contributed by atoms with Crippen molar-refractivity contribution in [1.82, 2.24) is 19.9 Å². The first-order valence-electron chi connectivity index (χ1n) is 7.52. The zero-order valence-electron chi connectivity index (χ0n) is 13.6. The molecule has 1 atom stereocenters. The molecule has 9 heteroatoms. The van der Waals surface area contributed by atoms with Crippen molar-refractivity contribution in [3.63, 3.8) is 0 Å². The predicted molar refractivity (Wildman–Crippen MR) is 89.0 cm³/mol. The van der Waals surface area contributed by atoms with Gasteiger partial charge in [-0.3, -0.25) is 9.59 Å². The zero-order chi connectivity index (χ0) is 17.8. The summed E-state index contributed by atoms with van der Waals surface area (Å²) < 4.78 is 6.37. The van der Waals surface area contributed by atoms with E-state index >= 15 is 0 Å². The molecule has 1 aromatic carbocycles. The smallest absolute Gasteiger partial charge is 0.294 e. The average Bonchev–Trinajstić information content (AvgIpc) is 3.27. The summed E-state index contributed by atoms with van der Waals surface area (Å²) in [7, 11) is 0. The molecule has 9 nitrogen and oxygen atoms in total. The van der Waals surface area contributed by atoms with E-state index in [0.717, 1.165) is 0 Å². The number of hydrogen-bond acceptors (Lipinski definition) is 6. The normalized spacial score (nSPS) is 11.8. The molecule has 0 fully saturated rings. The van der Waals surface area contributed by atoms with E-state index in [1.807, 2.05) is 0 Å². The Morgan fingerprint density at radius 3 is 2.40 bits per heavy atom. The van der Waals surface area contributed by atoms with Gasteiger partial charge < -0.3 is 15.2 Å². The van der Waals surface area contributed by atoms with E-state index in [-0.39, 0.29) is 11.7 Å². The first-order valence-corrected chi connectivity index (χ1v) is 7.52. The monoisotopic (exact) mass is 340 g/mol. The Morgan fingerprint density at radius 2 is 1.84 bits per heavy atom. The van der Waals surface area contributed by atoms with Crippen LogP contribution in [-0.4, -0.2) is 31.7 Å². The molecule has 1 unspecified atom stereocenters. The summed E-state index contributed by atoms with van der Waals surface area (Å²) in [4.78, 5) is 28.0. The third-order valence-corrected chi connectivity index (χ3v) is 3.47. The van der Waals surface area contributed by atoms with Crippen LogP contribution >= 0.6 is 0 Å². The number of hydrogen-bond donors (Lipinski definition) is 2. The minimum atomic E-state index is -0.489. The Hall–Kier alpha value is -3.49. The molecule has 0 saturated carbocycles. The molecule has 0 bridgehead atoms. The number of amides is 2. The molecule has 128 valence electrons. The molecule has 2 aromatic heterocycles. The van der Waals surface area contributed by atoms with Crippen LogP contribution in [-0.2, 0) is 4.79 Å². The molecule has 3 rings (SSSR count). The lowest BCUT2D eigenvalue weighted by atomic mass is 10.2. The van der Waals surface area contributed by atoms with Gasteiger partial charge >= 0.3 is 0 Å². The summed E-state index contributed by atoms with van der Waals surface area (Å²) in [6.45, 7) is 3.45. The van der Waals surface area contributed by atoms with Crippen LogP contribution in [0.1, 0.15) is 29.2 Å². The van der Waals surface area contributed by atoms with Gasteiger partial charge in [0.2, 0.25) is 11.7 Å². The molecule has 0 aliphatic heterocycles. The van der Waals surface area contributed by atoms with E-state index in [0.29, 0.717) is 17.1 Å². The molecule has 2 N–H and O–H groups in total. The van der Waals surface area contributed by atoms with Gasteiger partial charge in [0.25, 0.3) is 5.91 Å². The Morgan fingerprint density at radius 1 is 1.16 bits per heavy atom. The lowest BCUT2D eigenvalue weighted by Gasteiger charge is -2.12. The number of benzene rings is 1. The number of carbonyl (C=O) groups excluding carboxylic acids is 2. The molecule has 25 heavy (non-hydrogen) atoms. The highest BCUT2D eigenvalue weighted by Crippen LogP contribution is 2.16. The fourth-order valence-electron chi connectivity index (χ4n) is 2.08. The van der Waals surface area contributed by atoms with Crippen molar-refractivity contribution in [3.05, 3.63) is 54.4 Å². The third-order valence-electron chi connectivity index (χ3n) is 3.47. The summed E-state index contributed by atoms with van der Waals surface area (Å²) in [6, 6.07) is 7.79.